The highest BCUT2D eigenvalue weighted by Crippen LogP contribution is 2.32. The molecule has 0 unspecified atom stereocenters. The molecule has 2 aromatic carbocycles. The van der Waals surface area contributed by atoms with Gasteiger partial charge in [-0.3, -0.25) is 0 Å². The van der Waals surface area contributed by atoms with Crippen molar-refractivity contribution in [1.29, 1.82) is 0 Å². The van der Waals surface area contributed by atoms with E-state index in [1.807, 2.05) is 48.5 Å². The van der Waals surface area contributed by atoms with Gasteiger partial charge in [-0.05, 0) is 43.9 Å². The number of hydrogen-bond acceptors (Lipinski definition) is 3. The molecule has 2 aromatic rings. The summed E-state index contributed by atoms with van der Waals surface area (Å²) < 4.78 is 11.7. The molecule has 5 heteroatoms. The number of benzene rings is 2. The minimum atomic E-state index is -0.257. The first-order valence-electron chi connectivity index (χ1n) is 8.84. The highest BCUT2D eigenvalue weighted by Gasteiger charge is 2.25. The molecule has 0 bridgehead atoms. The summed E-state index contributed by atoms with van der Waals surface area (Å²) in [6.45, 7) is 0.451. The van der Waals surface area contributed by atoms with Crippen molar-refractivity contribution in [2.45, 2.75) is 37.8 Å². The van der Waals surface area contributed by atoms with Crippen LogP contribution < -0.4 is 20.1 Å². The number of urea groups is 1. The van der Waals surface area contributed by atoms with E-state index in [0.29, 0.717) is 12.3 Å². The second kappa shape index (κ2) is 7.05. The number of carbonyl (C=O) groups excluding carboxylic acids is 1. The van der Waals surface area contributed by atoms with Gasteiger partial charge in [-0.1, -0.05) is 30.3 Å². The predicted molar refractivity (Wildman–Crippen MR) is 96.2 cm³/mol. The molecule has 1 saturated carbocycles. The maximum absolute atomic E-state index is 12.4. The molecule has 0 radical (unpaired) electrons. The Balaban J connectivity index is 1.41. The van der Waals surface area contributed by atoms with Gasteiger partial charge in [0.15, 0.2) is 0 Å². The summed E-state index contributed by atoms with van der Waals surface area (Å²) >= 11 is 0. The third kappa shape index (κ3) is 3.55. The Kier molecular flexibility index (Phi) is 4.46. The van der Waals surface area contributed by atoms with E-state index in [2.05, 4.69) is 10.6 Å². The number of nitrogens with one attached hydrogen (secondary N) is 2. The van der Waals surface area contributed by atoms with Crippen LogP contribution in [0, 0.1) is 0 Å². The molecule has 1 atom stereocenters. The molecular formula is C20H22N2O3. The van der Waals surface area contributed by atoms with Gasteiger partial charge in [-0.15, -0.1) is 0 Å². The highest BCUT2D eigenvalue weighted by molar-refractivity contribution is 5.91. The third-order valence-electron chi connectivity index (χ3n) is 4.74. The van der Waals surface area contributed by atoms with Gasteiger partial charge in [-0.2, -0.15) is 0 Å². The van der Waals surface area contributed by atoms with Crippen LogP contribution >= 0.6 is 0 Å². The van der Waals surface area contributed by atoms with E-state index in [-0.39, 0.29) is 18.2 Å². The van der Waals surface area contributed by atoms with Gasteiger partial charge < -0.3 is 20.1 Å². The monoisotopic (exact) mass is 338 g/mol. The average Bonchev–Trinajstić information content (AvgIpc) is 3.27. The van der Waals surface area contributed by atoms with Gasteiger partial charge in [0.1, 0.15) is 18.1 Å². The molecule has 0 spiro atoms. The van der Waals surface area contributed by atoms with Crippen LogP contribution in [0.1, 0.15) is 37.3 Å². The molecule has 2 aliphatic rings. The van der Waals surface area contributed by atoms with E-state index in [0.717, 1.165) is 29.9 Å². The zero-order chi connectivity index (χ0) is 17.1. The standard InChI is InChI=1S/C20H22N2O3/c23-20(22-17-13-24-18-11-5-3-9-15(17)18)21-16-10-4-6-12-19(16)25-14-7-1-2-8-14/h3-6,9-12,14,17H,1-2,7-8,13H2,(H2,21,22,23)/t17-/m0/s1. The summed E-state index contributed by atoms with van der Waals surface area (Å²) in [5.41, 5.74) is 1.70. The van der Waals surface area contributed by atoms with Crippen LogP contribution in [0.4, 0.5) is 10.5 Å². The zero-order valence-electron chi connectivity index (χ0n) is 14.0. The summed E-state index contributed by atoms with van der Waals surface area (Å²) in [5, 5.41) is 5.89. The van der Waals surface area contributed by atoms with E-state index in [4.69, 9.17) is 9.47 Å². The lowest BCUT2D eigenvalue weighted by Crippen LogP contribution is -2.33. The second-order valence-corrected chi connectivity index (χ2v) is 6.52. The van der Waals surface area contributed by atoms with Crippen molar-refractivity contribution in [2.24, 2.45) is 0 Å². The lowest BCUT2D eigenvalue weighted by Gasteiger charge is -2.18. The van der Waals surface area contributed by atoms with Gasteiger partial charge in [0.05, 0.1) is 17.8 Å². The van der Waals surface area contributed by atoms with Crippen LogP contribution in [0.25, 0.3) is 0 Å². The fraction of sp³-hybridized carbons (Fsp3) is 0.350. The smallest absolute Gasteiger partial charge is 0.319 e. The lowest BCUT2D eigenvalue weighted by atomic mass is 10.1. The molecular weight excluding hydrogens is 316 g/mol. The molecule has 0 aromatic heterocycles. The quantitative estimate of drug-likeness (QED) is 0.875. The minimum absolute atomic E-state index is 0.140. The Labute approximate surface area is 147 Å². The van der Waals surface area contributed by atoms with Crippen LogP contribution in [0.15, 0.2) is 48.5 Å². The fourth-order valence-corrected chi connectivity index (χ4v) is 3.46. The van der Waals surface area contributed by atoms with Gasteiger partial charge in [0.2, 0.25) is 0 Å². The summed E-state index contributed by atoms with van der Waals surface area (Å²) in [5.74, 6) is 1.56. The van der Waals surface area contributed by atoms with Gasteiger partial charge in [0, 0.05) is 5.56 Å². The van der Waals surface area contributed by atoms with Crippen molar-refractivity contribution in [3.8, 4) is 11.5 Å². The summed E-state index contributed by atoms with van der Waals surface area (Å²) in [6, 6.07) is 15.0. The van der Waals surface area contributed by atoms with Gasteiger partial charge >= 0.3 is 6.03 Å². The van der Waals surface area contributed by atoms with E-state index >= 15 is 0 Å². The Morgan fingerprint density at radius 1 is 1.04 bits per heavy atom. The number of fused-ring (bicyclic) bond motifs is 1. The Morgan fingerprint density at radius 3 is 2.68 bits per heavy atom. The van der Waals surface area contributed by atoms with Crippen molar-refractivity contribution in [3.05, 3.63) is 54.1 Å². The number of anilines is 1. The van der Waals surface area contributed by atoms with Crippen molar-refractivity contribution in [1.82, 2.24) is 5.32 Å². The molecule has 2 amide bonds. The first-order valence-corrected chi connectivity index (χ1v) is 8.84. The predicted octanol–water partition coefficient (Wildman–Crippen LogP) is 4.26. The summed E-state index contributed by atoms with van der Waals surface area (Å²) in [6.07, 6.45) is 4.83. The molecule has 0 saturated heterocycles. The van der Waals surface area contributed by atoms with Gasteiger partial charge in [-0.25, -0.2) is 4.79 Å². The highest BCUT2D eigenvalue weighted by atomic mass is 16.5. The molecule has 1 heterocycles. The van der Waals surface area contributed by atoms with Crippen LogP contribution in [0.5, 0.6) is 11.5 Å². The van der Waals surface area contributed by atoms with Crippen molar-refractivity contribution in [3.63, 3.8) is 0 Å². The Bertz CT molecular complexity index is 756. The maximum atomic E-state index is 12.4. The molecule has 25 heavy (non-hydrogen) atoms. The van der Waals surface area contributed by atoms with Crippen LogP contribution in [-0.2, 0) is 0 Å². The van der Waals surface area contributed by atoms with Crippen molar-refractivity contribution < 1.29 is 14.3 Å². The molecule has 1 aliphatic carbocycles. The molecule has 130 valence electrons. The number of amides is 2. The number of para-hydroxylation sites is 3. The normalized spacial score (nSPS) is 19.1. The van der Waals surface area contributed by atoms with E-state index in [1.54, 1.807) is 0 Å². The van der Waals surface area contributed by atoms with Crippen LogP contribution in [0.2, 0.25) is 0 Å². The van der Waals surface area contributed by atoms with E-state index < -0.39 is 0 Å². The fourth-order valence-electron chi connectivity index (χ4n) is 3.46. The topological polar surface area (TPSA) is 59.6 Å². The maximum Gasteiger partial charge on any atom is 0.319 e. The summed E-state index contributed by atoms with van der Waals surface area (Å²) in [7, 11) is 0. The zero-order valence-corrected chi connectivity index (χ0v) is 14.0. The number of hydrogen-bond donors (Lipinski definition) is 2. The summed E-state index contributed by atoms with van der Waals surface area (Å²) in [4.78, 5) is 12.4. The minimum Gasteiger partial charge on any atom is -0.491 e. The lowest BCUT2D eigenvalue weighted by molar-refractivity contribution is 0.210. The van der Waals surface area contributed by atoms with Gasteiger partial charge in [0.25, 0.3) is 0 Å². The number of ether oxygens (including phenoxy) is 2. The second-order valence-electron chi connectivity index (χ2n) is 6.52. The molecule has 2 N–H and O–H groups in total. The Morgan fingerprint density at radius 2 is 1.80 bits per heavy atom. The Hall–Kier alpha value is -2.69. The largest absolute Gasteiger partial charge is 0.491 e. The first-order chi connectivity index (χ1) is 12.3. The van der Waals surface area contributed by atoms with Crippen molar-refractivity contribution in [2.75, 3.05) is 11.9 Å². The number of carbonyl (C=O) groups is 1. The molecule has 1 fully saturated rings. The third-order valence-corrected chi connectivity index (χ3v) is 4.74. The van der Waals surface area contributed by atoms with E-state index in [9.17, 15) is 4.79 Å². The molecule has 1 aliphatic heterocycles. The SMILES string of the molecule is O=C(Nc1ccccc1OC1CCCC1)N[C@H]1COc2ccccc21. The van der Waals surface area contributed by atoms with Crippen LogP contribution in [-0.4, -0.2) is 18.7 Å². The molecule has 5 nitrogen and oxygen atoms in total. The number of rotatable bonds is 4. The van der Waals surface area contributed by atoms with Crippen molar-refractivity contribution >= 4 is 11.7 Å². The average molecular weight is 338 g/mol. The van der Waals surface area contributed by atoms with Crippen LogP contribution in [0.3, 0.4) is 0 Å². The molecule has 4 rings (SSSR count). The first kappa shape index (κ1) is 15.8. The van der Waals surface area contributed by atoms with E-state index in [1.165, 1.54) is 12.8 Å².